The number of H-pyrrole nitrogens is 1. The zero-order chi connectivity index (χ0) is 10.1. The Kier molecular flexibility index (Phi) is 2.39. The number of aromatic amines is 1. The third-order valence-electron chi connectivity index (χ3n) is 1.55. The molecule has 72 valence electrons. The van der Waals surface area contributed by atoms with Crippen molar-refractivity contribution in [3.63, 3.8) is 0 Å². The zero-order valence-corrected chi connectivity index (χ0v) is 8.38. The minimum atomic E-state index is -0.624. The minimum Gasteiger partial charge on any atom is -0.258 e. The summed E-state index contributed by atoms with van der Waals surface area (Å²) in [6.07, 6.45) is 0. The number of halogens is 2. The van der Waals surface area contributed by atoms with Crippen molar-refractivity contribution in [1.29, 1.82) is 0 Å². The first kappa shape index (κ1) is 9.42. The normalized spacial score (nSPS) is 10.4. The topological polar surface area (TPSA) is 28.7 Å². The summed E-state index contributed by atoms with van der Waals surface area (Å²) in [5.41, 5.74) is 0.389. The van der Waals surface area contributed by atoms with Crippen molar-refractivity contribution in [1.82, 2.24) is 10.2 Å². The molecule has 6 heteroatoms. The van der Waals surface area contributed by atoms with Crippen LogP contribution in [0.5, 0.6) is 0 Å². The van der Waals surface area contributed by atoms with Crippen molar-refractivity contribution in [3.8, 4) is 10.6 Å². The summed E-state index contributed by atoms with van der Waals surface area (Å²) in [5, 5.41) is 6.85. The molecule has 0 aliphatic heterocycles. The van der Waals surface area contributed by atoms with Gasteiger partial charge in [-0.1, -0.05) is 11.3 Å². The monoisotopic (exact) mass is 230 g/mol. The van der Waals surface area contributed by atoms with E-state index in [9.17, 15) is 8.78 Å². The fourth-order valence-corrected chi connectivity index (χ4v) is 1.91. The van der Waals surface area contributed by atoms with Crippen LogP contribution in [0, 0.1) is 15.6 Å². The molecule has 0 radical (unpaired) electrons. The van der Waals surface area contributed by atoms with E-state index in [4.69, 9.17) is 12.2 Å². The minimum absolute atomic E-state index is 0.389. The molecule has 0 spiro atoms. The largest absolute Gasteiger partial charge is 0.258 e. The van der Waals surface area contributed by atoms with Gasteiger partial charge in [0.1, 0.15) is 16.6 Å². The van der Waals surface area contributed by atoms with Crippen molar-refractivity contribution in [2.24, 2.45) is 0 Å². The molecule has 0 saturated heterocycles. The van der Waals surface area contributed by atoms with Gasteiger partial charge < -0.3 is 0 Å². The Morgan fingerprint density at radius 3 is 2.36 bits per heavy atom. The second-order valence-electron chi connectivity index (χ2n) is 2.58. The van der Waals surface area contributed by atoms with E-state index >= 15 is 0 Å². The lowest BCUT2D eigenvalue weighted by atomic mass is 10.2. The van der Waals surface area contributed by atoms with Gasteiger partial charge in [-0.15, -0.1) is 0 Å². The molecule has 0 fully saturated rings. The number of nitrogens with one attached hydrogen (secondary N) is 1. The van der Waals surface area contributed by atoms with Gasteiger partial charge in [0.2, 0.25) is 0 Å². The summed E-state index contributed by atoms with van der Waals surface area (Å²) in [6, 6.07) is 3.24. The fraction of sp³-hybridized carbons (Fsp3) is 0. The SMILES string of the molecule is Fc1cc(F)cc(-c2n[nH]c(=S)s2)c1. The molecule has 1 aromatic heterocycles. The summed E-state index contributed by atoms with van der Waals surface area (Å²) in [4.78, 5) is 0. The molecule has 2 aromatic rings. The molecule has 1 heterocycles. The molecule has 0 aliphatic rings. The number of hydrogen-bond donors (Lipinski definition) is 1. The average Bonchev–Trinajstić information content (AvgIpc) is 2.50. The molecule has 0 bridgehead atoms. The summed E-state index contributed by atoms with van der Waals surface area (Å²) < 4.78 is 26.1. The Labute approximate surface area is 87.2 Å². The van der Waals surface area contributed by atoms with Gasteiger partial charge in [-0.05, 0) is 24.4 Å². The van der Waals surface area contributed by atoms with Crippen LogP contribution >= 0.6 is 23.6 Å². The van der Waals surface area contributed by atoms with Gasteiger partial charge in [0.05, 0.1) is 0 Å². The number of hydrogen-bond acceptors (Lipinski definition) is 3. The maximum Gasteiger partial charge on any atom is 0.176 e. The molecule has 1 N–H and O–H groups in total. The first-order valence-corrected chi connectivity index (χ1v) is 4.89. The predicted molar refractivity (Wildman–Crippen MR) is 52.7 cm³/mol. The number of nitrogens with zero attached hydrogens (tertiary/aromatic N) is 1. The van der Waals surface area contributed by atoms with Gasteiger partial charge >= 0.3 is 0 Å². The van der Waals surface area contributed by atoms with Crippen molar-refractivity contribution >= 4 is 23.6 Å². The second kappa shape index (κ2) is 3.55. The summed E-state index contributed by atoms with van der Waals surface area (Å²) in [5.74, 6) is -1.25. The maximum absolute atomic E-state index is 12.8. The van der Waals surface area contributed by atoms with Crippen molar-refractivity contribution in [3.05, 3.63) is 33.8 Å². The maximum atomic E-state index is 12.8. The van der Waals surface area contributed by atoms with Gasteiger partial charge in [-0.25, -0.2) is 8.78 Å². The van der Waals surface area contributed by atoms with Gasteiger partial charge in [0.15, 0.2) is 3.95 Å². The third-order valence-corrected chi connectivity index (χ3v) is 2.69. The molecule has 2 rings (SSSR count). The van der Waals surface area contributed by atoms with Crippen molar-refractivity contribution < 1.29 is 8.78 Å². The lowest BCUT2D eigenvalue weighted by Gasteiger charge is -1.95. The van der Waals surface area contributed by atoms with E-state index in [-0.39, 0.29) is 0 Å². The quantitative estimate of drug-likeness (QED) is 0.762. The molecule has 1 aromatic carbocycles. The van der Waals surface area contributed by atoms with Crippen LogP contribution in [-0.2, 0) is 0 Å². The first-order valence-electron chi connectivity index (χ1n) is 3.67. The molecular formula is C8H4F2N2S2. The van der Waals surface area contributed by atoms with Crippen LogP contribution in [-0.4, -0.2) is 10.2 Å². The van der Waals surface area contributed by atoms with Crippen molar-refractivity contribution in [2.75, 3.05) is 0 Å². The van der Waals surface area contributed by atoms with Crippen LogP contribution in [0.1, 0.15) is 0 Å². The van der Waals surface area contributed by atoms with Gasteiger partial charge in [0, 0.05) is 11.6 Å². The lowest BCUT2D eigenvalue weighted by molar-refractivity contribution is 0.584. The molecule has 0 aliphatic carbocycles. The Morgan fingerprint density at radius 2 is 1.86 bits per heavy atom. The zero-order valence-electron chi connectivity index (χ0n) is 6.75. The van der Waals surface area contributed by atoms with Crippen LogP contribution < -0.4 is 0 Å². The molecule has 0 saturated carbocycles. The third kappa shape index (κ3) is 1.85. The van der Waals surface area contributed by atoms with Crippen LogP contribution in [0.4, 0.5) is 8.78 Å². The Morgan fingerprint density at radius 1 is 1.21 bits per heavy atom. The second-order valence-corrected chi connectivity index (χ2v) is 4.24. The fourth-order valence-electron chi connectivity index (χ4n) is 1.03. The number of aromatic nitrogens is 2. The van der Waals surface area contributed by atoms with Gasteiger partial charge in [-0.2, -0.15) is 5.10 Å². The molecular weight excluding hydrogens is 226 g/mol. The highest BCUT2D eigenvalue weighted by Crippen LogP contribution is 2.23. The van der Waals surface area contributed by atoms with Gasteiger partial charge in [-0.3, -0.25) is 5.10 Å². The highest BCUT2D eigenvalue weighted by molar-refractivity contribution is 7.73. The van der Waals surface area contributed by atoms with E-state index in [2.05, 4.69) is 10.2 Å². The highest BCUT2D eigenvalue weighted by atomic mass is 32.1. The Bertz CT molecular complexity index is 498. The van der Waals surface area contributed by atoms with Crippen LogP contribution in [0.2, 0.25) is 0 Å². The van der Waals surface area contributed by atoms with E-state index in [0.717, 1.165) is 6.07 Å². The summed E-state index contributed by atoms with van der Waals surface area (Å²) in [7, 11) is 0. The Balaban J connectivity index is 2.56. The predicted octanol–water partition coefficient (Wildman–Crippen LogP) is 3.15. The van der Waals surface area contributed by atoms with Crippen molar-refractivity contribution in [2.45, 2.75) is 0 Å². The molecule has 0 unspecified atom stereocenters. The molecule has 2 nitrogen and oxygen atoms in total. The standard InChI is InChI=1S/C8H4F2N2S2/c9-5-1-4(2-6(10)3-5)7-11-12-8(13)14-7/h1-3H,(H,12,13). The van der Waals surface area contributed by atoms with E-state index in [0.29, 0.717) is 14.5 Å². The van der Waals surface area contributed by atoms with Crippen LogP contribution in [0.15, 0.2) is 18.2 Å². The first-order chi connectivity index (χ1) is 6.65. The van der Waals surface area contributed by atoms with Crippen LogP contribution in [0.25, 0.3) is 10.6 Å². The van der Waals surface area contributed by atoms with E-state index in [1.54, 1.807) is 0 Å². The molecule has 0 atom stereocenters. The van der Waals surface area contributed by atoms with E-state index in [1.165, 1.54) is 23.5 Å². The smallest absolute Gasteiger partial charge is 0.176 e. The number of benzene rings is 1. The van der Waals surface area contributed by atoms with E-state index < -0.39 is 11.6 Å². The summed E-state index contributed by atoms with van der Waals surface area (Å²) in [6.45, 7) is 0. The molecule has 14 heavy (non-hydrogen) atoms. The Hall–Kier alpha value is -1.14. The molecule has 0 amide bonds. The lowest BCUT2D eigenvalue weighted by Crippen LogP contribution is -1.83. The number of rotatable bonds is 1. The summed E-state index contributed by atoms with van der Waals surface area (Å²) >= 11 is 5.98. The highest BCUT2D eigenvalue weighted by Gasteiger charge is 2.05. The van der Waals surface area contributed by atoms with E-state index in [1.807, 2.05) is 0 Å². The average molecular weight is 230 g/mol. The van der Waals surface area contributed by atoms with Gasteiger partial charge in [0.25, 0.3) is 0 Å². The van der Waals surface area contributed by atoms with Crippen LogP contribution in [0.3, 0.4) is 0 Å².